The molecule has 2 aromatic rings. The molecule has 8 nitrogen and oxygen atoms in total. The molecule has 0 unspecified atom stereocenters. The molecule has 3 fully saturated rings. The van der Waals surface area contributed by atoms with Gasteiger partial charge < -0.3 is 5.11 Å². The Labute approximate surface area is 209 Å². The molecule has 1 saturated carbocycles. The van der Waals surface area contributed by atoms with E-state index in [9.17, 15) is 29.5 Å². The molecule has 0 bridgehead atoms. The highest BCUT2D eigenvalue weighted by Gasteiger charge is 2.76. The number of phenolic OH excluding ortho intramolecular Hbond substituents is 1. The monoisotopic (exact) mass is 514 g/mol. The topological polar surface area (TPSA) is 115 Å². The number of fused-ring (bicyclic) bond motifs is 5. The number of imide groups is 2. The van der Waals surface area contributed by atoms with Gasteiger partial charge in [-0.15, -0.1) is 23.2 Å². The number of alkyl halides is 2. The maximum atomic E-state index is 13.6. The Morgan fingerprint density at radius 3 is 2.43 bits per heavy atom. The molecule has 2 heterocycles. The summed E-state index contributed by atoms with van der Waals surface area (Å²) in [5.74, 6) is -6.61. The summed E-state index contributed by atoms with van der Waals surface area (Å²) in [6, 6.07) is 10.5. The number of aromatic hydroxyl groups is 1. The summed E-state index contributed by atoms with van der Waals surface area (Å²) in [7, 11) is 1.30. The van der Waals surface area contributed by atoms with Crippen molar-refractivity contribution in [2.45, 2.75) is 28.5 Å². The fourth-order valence-corrected chi connectivity index (χ4v) is 7.63. The number of hydrogen-bond acceptors (Lipinski definition) is 6. The highest BCUT2D eigenvalue weighted by molar-refractivity contribution is 6.53. The number of benzene rings is 2. The lowest BCUT2D eigenvalue weighted by Gasteiger charge is -2.51. The van der Waals surface area contributed by atoms with E-state index in [2.05, 4.69) is 0 Å². The molecule has 0 radical (unpaired) electrons. The summed E-state index contributed by atoms with van der Waals surface area (Å²) in [5.41, 5.74) is 0.878. The van der Waals surface area contributed by atoms with E-state index in [1.54, 1.807) is 24.3 Å². The van der Waals surface area contributed by atoms with Gasteiger partial charge in [0.1, 0.15) is 5.75 Å². The highest BCUT2D eigenvalue weighted by Crippen LogP contribution is 2.66. The summed E-state index contributed by atoms with van der Waals surface area (Å²) in [5, 5.41) is 22.7. The average Bonchev–Trinajstić information content (AvgIpc) is 3.14. The van der Waals surface area contributed by atoms with E-state index in [0.29, 0.717) is 16.5 Å². The molecule has 2 N–H and O–H groups in total. The predicted molar refractivity (Wildman–Crippen MR) is 125 cm³/mol. The predicted octanol–water partition coefficient (Wildman–Crippen LogP) is 2.92. The number of allylic oxidation sites excluding steroid dienone is 2. The van der Waals surface area contributed by atoms with Gasteiger partial charge in [-0.3, -0.25) is 29.3 Å². The Kier molecular flexibility index (Phi) is 4.54. The molecule has 180 valence electrons. The van der Waals surface area contributed by atoms with Gasteiger partial charge in [0.15, 0.2) is 9.75 Å². The van der Waals surface area contributed by atoms with Crippen LogP contribution in [0.2, 0.25) is 0 Å². The Morgan fingerprint density at radius 2 is 1.69 bits per heavy atom. The first-order valence-electron chi connectivity index (χ1n) is 11.2. The van der Waals surface area contributed by atoms with Gasteiger partial charge in [-0.2, -0.15) is 5.06 Å². The molecular formula is C25H20Cl2N2O6. The summed E-state index contributed by atoms with van der Waals surface area (Å²) in [6.45, 7) is 0. The third kappa shape index (κ3) is 2.52. The van der Waals surface area contributed by atoms with Gasteiger partial charge >= 0.3 is 0 Å². The van der Waals surface area contributed by atoms with Crippen molar-refractivity contribution < 1.29 is 29.5 Å². The van der Waals surface area contributed by atoms with E-state index in [0.717, 1.165) is 10.3 Å². The fraction of sp³-hybridized carbons (Fsp3) is 0.360. The van der Waals surface area contributed by atoms with Crippen LogP contribution in [0.4, 0.5) is 0 Å². The van der Waals surface area contributed by atoms with Crippen molar-refractivity contribution in [3.8, 4) is 5.75 Å². The molecule has 2 aromatic carbocycles. The molecule has 0 spiro atoms. The van der Waals surface area contributed by atoms with Gasteiger partial charge in [0.05, 0.1) is 11.8 Å². The van der Waals surface area contributed by atoms with E-state index in [1.165, 1.54) is 13.1 Å². The number of rotatable bonds is 1. The van der Waals surface area contributed by atoms with Crippen LogP contribution >= 0.6 is 23.2 Å². The lowest BCUT2D eigenvalue weighted by molar-refractivity contribution is -0.173. The Balaban J connectivity index is 1.67. The van der Waals surface area contributed by atoms with Crippen LogP contribution in [0, 0.1) is 17.8 Å². The second-order valence-electron chi connectivity index (χ2n) is 9.71. The molecule has 4 amide bonds. The van der Waals surface area contributed by atoms with Crippen molar-refractivity contribution in [2.75, 3.05) is 7.05 Å². The van der Waals surface area contributed by atoms with Crippen LogP contribution in [0.3, 0.4) is 0 Å². The standard InChI is InChI=1S/C25H20Cl2N2O6/c1-28-22(33)24(26)10-15-13(7-8-14-17(15)21(32)29(35)20(14)31)19(25(24,27)23(28)34)18-12-5-3-2-4-11(12)6-9-16(18)30/h2-7,9,14-15,17,19,30,35H,8,10H2,1H3/t14-,15+,17-,19+,24+,25-/m0/s1. The Morgan fingerprint density at radius 1 is 0.971 bits per heavy atom. The lowest BCUT2D eigenvalue weighted by atomic mass is 9.56. The van der Waals surface area contributed by atoms with E-state index < -0.39 is 57.0 Å². The van der Waals surface area contributed by atoms with E-state index in [-0.39, 0.29) is 23.7 Å². The largest absolute Gasteiger partial charge is 0.508 e. The maximum absolute atomic E-state index is 13.6. The molecule has 6 rings (SSSR count). The number of carbonyl (C=O) groups excluding carboxylic acids is 4. The van der Waals surface area contributed by atoms with Gasteiger partial charge in [0.25, 0.3) is 23.6 Å². The maximum Gasteiger partial charge on any atom is 0.257 e. The minimum atomic E-state index is -1.98. The molecule has 4 aliphatic rings. The first-order chi connectivity index (χ1) is 16.5. The molecule has 10 heteroatoms. The first-order valence-corrected chi connectivity index (χ1v) is 12.0. The van der Waals surface area contributed by atoms with Gasteiger partial charge in [0, 0.05) is 18.5 Å². The quantitative estimate of drug-likeness (QED) is 0.261. The van der Waals surface area contributed by atoms with Crippen molar-refractivity contribution in [3.05, 3.63) is 53.6 Å². The van der Waals surface area contributed by atoms with Crippen molar-refractivity contribution in [3.63, 3.8) is 0 Å². The van der Waals surface area contributed by atoms with Crippen LogP contribution in [0.25, 0.3) is 10.8 Å². The number of hydrogen-bond donors (Lipinski definition) is 2. The zero-order valence-corrected chi connectivity index (χ0v) is 20.0. The summed E-state index contributed by atoms with van der Waals surface area (Å²) < 4.78 is 0. The van der Waals surface area contributed by atoms with Crippen molar-refractivity contribution in [1.82, 2.24) is 9.96 Å². The molecule has 6 atom stereocenters. The molecule has 0 aromatic heterocycles. The van der Waals surface area contributed by atoms with Gasteiger partial charge in [0.2, 0.25) is 0 Å². The Bertz CT molecular complexity index is 1410. The molecule has 2 aliphatic carbocycles. The zero-order chi connectivity index (χ0) is 25.0. The van der Waals surface area contributed by atoms with E-state index in [1.807, 2.05) is 12.1 Å². The van der Waals surface area contributed by atoms with Gasteiger partial charge in [-0.25, -0.2) is 0 Å². The van der Waals surface area contributed by atoms with Crippen LogP contribution in [0.1, 0.15) is 24.3 Å². The third-order valence-electron chi connectivity index (χ3n) is 8.23. The number of hydroxylamine groups is 2. The molecular weight excluding hydrogens is 495 g/mol. The molecule has 2 saturated heterocycles. The van der Waals surface area contributed by atoms with Crippen LogP contribution in [0.5, 0.6) is 5.75 Å². The number of nitrogens with zero attached hydrogens (tertiary/aromatic N) is 2. The summed E-state index contributed by atoms with van der Waals surface area (Å²) in [6.07, 6.45) is 1.72. The van der Waals surface area contributed by atoms with E-state index >= 15 is 0 Å². The van der Waals surface area contributed by atoms with Crippen molar-refractivity contribution in [1.29, 1.82) is 0 Å². The van der Waals surface area contributed by atoms with Crippen molar-refractivity contribution >= 4 is 57.6 Å². The number of carbonyl (C=O) groups is 4. The highest BCUT2D eigenvalue weighted by atomic mass is 35.5. The van der Waals surface area contributed by atoms with Crippen LogP contribution in [0.15, 0.2) is 48.0 Å². The van der Waals surface area contributed by atoms with Crippen LogP contribution in [-0.2, 0) is 19.2 Å². The third-order valence-corrected chi connectivity index (χ3v) is 9.64. The van der Waals surface area contributed by atoms with Gasteiger partial charge in [-0.05, 0) is 35.6 Å². The SMILES string of the molecule is CN1C(=O)[C@]2(Cl)C[C@@H]3C(=CC[C@@H]4C(=O)N(O)C(=O)[C@@H]43)[C@H](c3c(O)ccc4ccccc34)[C@]2(Cl)C1=O. The summed E-state index contributed by atoms with van der Waals surface area (Å²) in [4.78, 5) is 49.4. The normalized spacial score (nSPS) is 36.4. The average molecular weight is 515 g/mol. The minimum absolute atomic E-state index is 0.133. The van der Waals surface area contributed by atoms with Gasteiger partial charge in [-0.1, -0.05) is 42.0 Å². The first kappa shape index (κ1) is 22.5. The van der Waals surface area contributed by atoms with Crippen LogP contribution < -0.4 is 0 Å². The smallest absolute Gasteiger partial charge is 0.257 e. The fourth-order valence-electron chi connectivity index (χ4n) is 6.63. The van der Waals surface area contributed by atoms with E-state index in [4.69, 9.17) is 23.2 Å². The Hall–Kier alpha value is -2.94. The molecule has 35 heavy (non-hydrogen) atoms. The molecule has 2 aliphatic heterocycles. The second-order valence-corrected chi connectivity index (χ2v) is 10.9. The minimum Gasteiger partial charge on any atom is -0.508 e. The number of phenols is 1. The number of amides is 4. The zero-order valence-electron chi connectivity index (χ0n) is 18.4. The lowest BCUT2D eigenvalue weighted by Crippen LogP contribution is -2.60. The van der Waals surface area contributed by atoms with Crippen LogP contribution in [-0.4, -0.2) is 60.7 Å². The van der Waals surface area contributed by atoms with Crippen molar-refractivity contribution in [2.24, 2.45) is 17.8 Å². The second kappa shape index (κ2) is 7.06. The summed E-state index contributed by atoms with van der Waals surface area (Å²) >= 11 is 14.2. The number of likely N-dealkylation sites (tertiary alicyclic amines) is 1. The number of halogens is 2.